The SMILES string of the molecule is CCOCCNC(=O)c1cc([N+](=O)[O-])ccc1NC(=O)C(F)(F)Cl. The van der Waals surface area contributed by atoms with Crippen molar-refractivity contribution in [2.45, 2.75) is 12.3 Å². The fourth-order valence-corrected chi connectivity index (χ4v) is 1.66. The minimum Gasteiger partial charge on any atom is -0.380 e. The van der Waals surface area contributed by atoms with Crippen molar-refractivity contribution in [3.05, 3.63) is 33.9 Å². The maximum absolute atomic E-state index is 12.8. The Morgan fingerprint density at radius 1 is 1.42 bits per heavy atom. The number of rotatable bonds is 8. The van der Waals surface area contributed by atoms with Gasteiger partial charge in [-0.3, -0.25) is 19.7 Å². The molecule has 0 spiro atoms. The lowest BCUT2D eigenvalue weighted by Crippen LogP contribution is -2.32. The van der Waals surface area contributed by atoms with Gasteiger partial charge < -0.3 is 15.4 Å². The Hall–Kier alpha value is -2.33. The minimum atomic E-state index is -4.19. The standard InChI is InChI=1S/C13H14ClF2N3O5/c1-2-24-6-5-17-11(20)9-7-8(19(22)23)3-4-10(9)18-12(21)13(14,15)16/h3-4,7H,2,5-6H2,1H3,(H,17,20)(H,18,21). The molecule has 1 aromatic carbocycles. The van der Waals surface area contributed by atoms with Gasteiger partial charge in [-0.05, 0) is 24.6 Å². The van der Waals surface area contributed by atoms with E-state index in [4.69, 9.17) is 4.74 Å². The highest BCUT2D eigenvalue weighted by Gasteiger charge is 2.36. The topological polar surface area (TPSA) is 111 Å². The molecule has 0 bridgehead atoms. The summed E-state index contributed by atoms with van der Waals surface area (Å²) < 4.78 is 30.5. The number of amides is 2. The van der Waals surface area contributed by atoms with E-state index < -0.39 is 27.8 Å². The average Bonchev–Trinajstić information content (AvgIpc) is 2.50. The Kier molecular flexibility index (Phi) is 6.98. The number of nitro groups is 1. The summed E-state index contributed by atoms with van der Waals surface area (Å²) in [6, 6.07) is 2.78. The van der Waals surface area contributed by atoms with Crippen LogP contribution in [0.5, 0.6) is 0 Å². The van der Waals surface area contributed by atoms with Crippen LogP contribution in [0.15, 0.2) is 18.2 Å². The van der Waals surface area contributed by atoms with E-state index in [1.165, 1.54) is 0 Å². The average molecular weight is 366 g/mol. The summed E-state index contributed by atoms with van der Waals surface area (Å²) in [7, 11) is 0. The lowest BCUT2D eigenvalue weighted by Gasteiger charge is -2.13. The summed E-state index contributed by atoms with van der Waals surface area (Å²) in [4.78, 5) is 33.3. The molecule has 11 heteroatoms. The number of benzene rings is 1. The molecule has 1 aromatic rings. The first-order valence-corrected chi connectivity index (χ1v) is 7.07. The lowest BCUT2D eigenvalue weighted by atomic mass is 10.1. The number of alkyl halides is 3. The van der Waals surface area contributed by atoms with E-state index in [2.05, 4.69) is 16.9 Å². The number of halogens is 3. The molecule has 0 saturated carbocycles. The maximum atomic E-state index is 12.8. The second kappa shape index (κ2) is 8.50. The predicted molar refractivity (Wildman–Crippen MR) is 81.4 cm³/mol. The number of nitrogens with zero attached hydrogens (tertiary/aromatic N) is 1. The molecule has 0 fully saturated rings. The predicted octanol–water partition coefficient (Wildman–Crippen LogP) is 2.13. The number of anilines is 1. The van der Waals surface area contributed by atoms with Crippen molar-refractivity contribution in [2.24, 2.45) is 0 Å². The molecule has 0 aliphatic rings. The van der Waals surface area contributed by atoms with Crippen molar-refractivity contribution in [1.82, 2.24) is 5.32 Å². The molecule has 8 nitrogen and oxygen atoms in total. The van der Waals surface area contributed by atoms with Gasteiger partial charge in [0.05, 0.1) is 22.8 Å². The third-order valence-corrected chi connectivity index (χ3v) is 2.87. The van der Waals surface area contributed by atoms with Crippen molar-refractivity contribution >= 4 is 34.8 Å². The number of hydrogen-bond acceptors (Lipinski definition) is 5. The number of nitro benzene ring substituents is 1. The molecular weight excluding hydrogens is 352 g/mol. The van der Waals surface area contributed by atoms with Gasteiger partial charge >= 0.3 is 11.3 Å². The summed E-state index contributed by atoms with van der Waals surface area (Å²) in [5.74, 6) is -2.66. The number of carbonyl (C=O) groups excluding carboxylic acids is 2. The third kappa shape index (κ3) is 5.70. The molecule has 132 valence electrons. The highest BCUT2D eigenvalue weighted by molar-refractivity contribution is 6.34. The van der Waals surface area contributed by atoms with Crippen LogP contribution in [0.25, 0.3) is 0 Å². The molecule has 1 rings (SSSR count). The first kappa shape index (κ1) is 19.7. The summed E-state index contributed by atoms with van der Waals surface area (Å²) in [5.41, 5.74) is -1.13. The Morgan fingerprint density at radius 2 is 2.08 bits per heavy atom. The highest BCUT2D eigenvalue weighted by atomic mass is 35.5. The van der Waals surface area contributed by atoms with Crippen molar-refractivity contribution in [1.29, 1.82) is 0 Å². The number of carbonyl (C=O) groups is 2. The lowest BCUT2D eigenvalue weighted by molar-refractivity contribution is -0.384. The van der Waals surface area contributed by atoms with Crippen molar-refractivity contribution in [3.63, 3.8) is 0 Å². The Morgan fingerprint density at radius 3 is 2.62 bits per heavy atom. The van der Waals surface area contributed by atoms with E-state index >= 15 is 0 Å². The molecule has 0 atom stereocenters. The van der Waals surface area contributed by atoms with Gasteiger partial charge in [0.2, 0.25) is 0 Å². The smallest absolute Gasteiger partial charge is 0.380 e. The van der Waals surface area contributed by atoms with Crippen LogP contribution in [0.1, 0.15) is 17.3 Å². The zero-order chi connectivity index (χ0) is 18.3. The van der Waals surface area contributed by atoms with Gasteiger partial charge in [0, 0.05) is 25.3 Å². The van der Waals surface area contributed by atoms with E-state index in [-0.39, 0.29) is 24.4 Å². The van der Waals surface area contributed by atoms with Crippen LogP contribution in [0.4, 0.5) is 20.2 Å². The normalized spacial score (nSPS) is 11.0. The summed E-state index contributed by atoms with van der Waals surface area (Å²) in [6.45, 7) is 2.47. The molecular formula is C13H14ClF2N3O5. The van der Waals surface area contributed by atoms with E-state index in [9.17, 15) is 28.5 Å². The molecule has 0 aliphatic carbocycles. The molecule has 0 aliphatic heterocycles. The summed E-state index contributed by atoms with van der Waals surface area (Å²) >= 11 is 4.59. The summed E-state index contributed by atoms with van der Waals surface area (Å²) in [5, 5.41) is 10.8. The Labute approximate surface area is 140 Å². The maximum Gasteiger partial charge on any atom is 0.400 e. The van der Waals surface area contributed by atoms with Gasteiger partial charge in [-0.1, -0.05) is 0 Å². The van der Waals surface area contributed by atoms with Gasteiger partial charge in [-0.25, -0.2) is 0 Å². The van der Waals surface area contributed by atoms with E-state index in [0.717, 1.165) is 18.2 Å². The van der Waals surface area contributed by atoms with Gasteiger partial charge in [0.25, 0.3) is 11.6 Å². The van der Waals surface area contributed by atoms with Gasteiger partial charge in [-0.15, -0.1) is 0 Å². The second-order valence-electron chi connectivity index (χ2n) is 4.39. The summed E-state index contributed by atoms with van der Waals surface area (Å²) in [6.07, 6.45) is 0. The number of nitrogens with one attached hydrogen (secondary N) is 2. The monoisotopic (exact) mass is 365 g/mol. The van der Waals surface area contributed by atoms with Gasteiger partial charge in [0.1, 0.15) is 0 Å². The first-order chi connectivity index (χ1) is 11.2. The molecule has 0 radical (unpaired) electrons. The van der Waals surface area contributed by atoms with Crippen LogP contribution in [-0.4, -0.2) is 41.9 Å². The van der Waals surface area contributed by atoms with Crippen molar-refractivity contribution in [2.75, 3.05) is 25.1 Å². The fourth-order valence-electron chi connectivity index (χ4n) is 1.61. The van der Waals surface area contributed by atoms with Gasteiger partial charge in [-0.2, -0.15) is 8.78 Å². The molecule has 2 amide bonds. The van der Waals surface area contributed by atoms with Crippen LogP contribution < -0.4 is 10.6 Å². The van der Waals surface area contributed by atoms with Crippen molar-refractivity contribution < 1.29 is 28.0 Å². The van der Waals surface area contributed by atoms with Gasteiger partial charge in [0.15, 0.2) is 0 Å². The fraction of sp³-hybridized carbons (Fsp3) is 0.385. The first-order valence-electron chi connectivity index (χ1n) is 6.69. The second-order valence-corrected chi connectivity index (χ2v) is 4.87. The van der Waals surface area contributed by atoms with Crippen LogP contribution in [0, 0.1) is 10.1 Å². The molecule has 2 N–H and O–H groups in total. The molecule has 0 saturated heterocycles. The van der Waals surface area contributed by atoms with E-state index in [1.54, 1.807) is 12.2 Å². The largest absolute Gasteiger partial charge is 0.400 e. The zero-order valence-corrected chi connectivity index (χ0v) is 13.2. The third-order valence-electron chi connectivity index (χ3n) is 2.70. The highest BCUT2D eigenvalue weighted by Crippen LogP contribution is 2.26. The Bertz CT molecular complexity index is 637. The molecule has 0 unspecified atom stereocenters. The van der Waals surface area contributed by atoms with Crippen molar-refractivity contribution in [3.8, 4) is 0 Å². The number of hydrogen-bond donors (Lipinski definition) is 2. The van der Waals surface area contributed by atoms with Crippen LogP contribution >= 0.6 is 11.6 Å². The van der Waals surface area contributed by atoms with E-state index in [0.29, 0.717) is 6.61 Å². The number of non-ortho nitro benzene ring substituents is 1. The molecule has 0 aromatic heterocycles. The zero-order valence-electron chi connectivity index (χ0n) is 12.5. The number of ether oxygens (including phenoxy) is 1. The van der Waals surface area contributed by atoms with Crippen LogP contribution in [0.3, 0.4) is 0 Å². The van der Waals surface area contributed by atoms with Crippen LogP contribution in [-0.2, 0) is 9.53 Å². The van der Waals surface area contributed by atoms with E-state index in [1.807, 2.05) is 0 Å². The van der Waals surface area contributed by atoms with Crippen LogP contribution in [0.2, 0.25) is 0 Å². The molecule has 0 heterocycles. The Balaban J connectivity index is 3.03. The quantitative estimate of drug-likeness (QED) is 0.317. The molecule has 24 heavy (non-hydrogen) atoms. The minimum absolute atomic E-state index is 0.0917.